The minimum Gasteiger partial charge on any atom is -0.429 e. The summed E-state index contributed by atoms with van der Waals surface area (Å²) in [5, 5.41) is 0. The van der Waals surface area contributed by atoms with Crippen LogP contribution in [0.5, 0.6) is 5.75 Å². The lowest BCUT2D eigenvalue weighted by atomic mass is 10.3. The molecule has 0 atom stereocenters. The number of ether oxygens (including phenoxy) is 1. The van der Waals surface area contributed by atoms with Gasteiger partial charge in [0.15, 0.2) is 11.6 Å². The lowest BCUT2D eigenvalue weighted by Crippen LogP contribution is -2.03. The summed E-state index contributed by atoms with van der Waals surface area (Å²) in [5.41, 5.74) is -0.319. The van der Waals surface area contributed by atoms with E-state index in [-0.39, 0.29) is 5.69 Å². The van der Waals surface area contributed by atoms with Crippen LogP contribution >= 0.6 is 0 Å². The average Bonchev–Trinajstić information content (AvgIpc) is 2.11. The zero-order valence-corrected chi connectivity index (χ0v) is 6.71. The van der Waals surface area contributed by atoms with Gasteiger partial charge in [-0.1, -0.05) is 6.07 Å². The van der Waals surface area contributed by atoms with Gasteiger partial charge in [0.25, 0.3) is 0 Å². The van der Waals surface area contributed by atoms with E-state index < -0.39 is 18.2 Å². The Balaban J connectivity index is 3.14. The van der Waals surface area contributed by atoms with Crippen LogP contribution < -0.4 is 4.74 Å². The van der Waals surface area contributed by atoms with Gasteiger partial charge in [0, 0.05) is 0 Å². The largest absolute Gasteiger partial charge is 0.429 e. The van der Waals surface area contributed by atoms with Crippen molar-refractivity contribution in [2.24, 2.45) is 4.99 Å². The number of isocyanates is 1. The summed E-state index contributed by atoms with van der Waals surface area (Å²) in [5.74, 6) is -1.77. The van der Waals surface area contributed by atoms with Crippen LogP contribution in [0.15, 0.2) is 23.2 Å². The van der Waals surface area contributed by atoms with Crippen LogP contribution in [0.25, 0.3) is 0 Å². The van der Waals surface area contributed by atoms with E-state index in [2.05, 4.69) is 9.73 Å². The number of para-hydroxylation sites is 1. The van der Waals surface area contributed by atoms with Crippen molar-refractivity contribution in [2.45, 2.75) is 6.61 Å². The molecule has 0 saturated carbocycles. The third kappa shape index (κ3) is 2.34. The van der Waals surface area contributed by atoms with Gasteiger partial charge in [-0.25, -0.2) is 9.18 Å². The fourth-order valence-corrected chi connectivity index (χ4v) is 0.840. The fraction of sp³-hybridized carbons (Fsp3) is 0.125. The van der Waals surface area contributed by atoms with Gasteiger partial charge >= 0.3 is 6.61 Å². The summed E-state index contributed by atoms with van der Waals surface area (Å²) in [6, 6.07) is 3.29. The van der Waals surface area contributed by atoms with Gasteiger partial charge < -0.3 is 4.74 Å². The average molecular weight is 203 g/mol. The second kappa shape index (κ2) is 4.43. The maximum atomic E-state index is 12.9. The molecule has 0 radical (unpaired) electrons. The highest BCUT2D eigenvalue weighted by molar-refractivity contribution is 5.57. The summed E-state index contributed by atoms with van der Waals surface area (Å²) in [7, 11) is 0. The monoisotopic (exact) mass is 203 g/mol. The zero-order valence-electron chi connectivity index (χ0n) is 6.71. The van der Waals surface area contributed by atoms with Gasteiger partial charge in [0.05, 0.1) is 0 Å². The molecular formula is C8H4F3NO2. The van der Waals surface area contributed by atoms with Gasteiger partial charge in [0.2, 0.25) is 6.08 Å². The molecule has 6 heteroatoms. The van der Waals surface area contributed by atoms with Gasteiger partial charge in [0.1, 0.15) is 5.69 Å². The highest BCUT2D eigenvalue weighted by Crippen LogP contribution is 2.31. The number of nitrogens with zero attached hydrogens (tertiary/aromatic N) is 1. The Kier molecular flexibility index (Phi) is 3.25. The predicted molar refractivity (Wildman–Crippen MR) is 40.8 cm³/mol. The number of rotatable bonds is 3. The first-order chi connectivity index (χ1) is 6.65. The van der Waals surface area contributed by atoms with E-state index in [1.165, 1.54) is 6.07 Å². The fourth-order valence-electron chi connectivity index (χ4n) is 0.840. The van der Waals surface area contributed by atoms with E-state index >= 15 is 0 Å². The topological polar surface area (TPSA) is 38.7 Å². The zero-order chi connectivity index (χ0) is 10.6. The summed E-state index contributed by atoms with van der Waals surface area (Å²) in [6.45, 7) is -3.17. The van der Waals surface area contributed by atoms with Crippen molar-refractivity contribution < 1.29 is 22.7 Å². The molecular weight excluding hydrogens is 199 g/mol. The Hall–Kier alpha value is -1.81. The quantitative estimate of drug-likeness (QED) is 0.558. The van der Waals surface area contributed by atoms with Gasteiger partial charge in [-0.3, -0.25) is 0 Å². The molecule has 0 fully saturated rings. The smallest absolute Gasteiger partial charge is 0.387 e. The third-order valence-corrected chi connectivity index (χ3v) is 1.32. The molecule has 1 aromatic rings. The summed E-state index contributed by atoms with van der Waals surface area (Å²) >= 11 is 0. The molecule has 74 valence electrons. The maximum Gasteiger partial charge on any atom is 0.387 e. The molecule has 0 amide bonds. The highest BCUT2D eigenvalue weighted by Gasteiger charge is 2.13. The Morgan fingerprint density at radius 1 is 1.43 bits per heavy atom. The summed E-state index contributed by atoms with van der Waals surface area (Å²) in [4.78, 5) is 12.9. The first-order valence-corrected chi connectivity index (χ1v) is 3.46. The van der Waals surface area contributed by atoms with Crippen molar-refractivity contribution >= 4 is 11.8 Å². The SMILES string of the molecule is O=C=Nc1cccc(F)c1OC(F)F. The molecule has 0 N–H and O–H groups in total. The number of alkyl halides is 2. The van der Waals surface area contributed by atoms with Crippen LogP contribution in [0.1, 0.15) is 0 Å². The van der Waals surface area contributed by atoms with Crippen LogP contribution in [-0.4, -0.2) is 12.7 Å². The lowest BCUT2D eigenvalue weighted by molar-refractivity contribution is -0.0517. The van der Waals surface area contributed by atoms with Crippen molar-refractivity contribution in [1.82, 2.24) is 0 Å². The highest BCUT2D eigenvalue weighted by atomic mass is 19.3. The molecule has 0 bridgehead atoms. The molecule has 0 heterocycles. The number of hydrogen-bond acceptors (Lipinski definition) is 3. The minimum atomic E-state index is -3.17. The first-order valence-electron chi connectivity index (χ1n) is 3.46. The molecule has 0 aliphatic rings. The van der Waals surface area contributed by atoms with Crippen molar-refractivity contribution in [2.75, 3.05) is 0 Å². The molecule has 14 heavy (non-hydrogen) atoms. The Labute approximate surface area is 76.8 Å². The van der Waals surface area contributed by atoms with Crippen LogP contribution in [0.4, 0.5) is 18.9 Å². The molecule has 3 nitrogen and oxygen atoms in total. The van der Waals surface area contributed by atoms with E-state index in [0.717, 1.165) is 18.2 Å². The van der Waals surface area contributed by atoms with E-state index in [1.54, 1.807) is 0 Å². The Morgan fingerprint density at radius 3 is 2.71 bits per heavy atom. The Morgan fingerprint density at radius 2 is 2.14 bits per heavy atom. The molecule has 0 saturated heterocycles. The molecule has 0 aliphatic carbocycles. The van der Waals surface area contributed by atoms with Gasteiger partial charge in [-0.15, -0.1) is 0 Å². The van der Waals surface area contributed by atoms with Crippen molar-refractivity contribution in [3.8, 4) is 5.75 Å². The molecule has 0 aromatic heterocycles. The molecule has 0 aliphatic heterocycles. The lowest BCUT2D eigenvalue weighted by Gasteiger charge is -2.06. The van der Waals surface area contributed by atoms with Gasteiger partial charge in [-0.05, 0) is 12.1 Å². The standard InChI is InChI=1S/C8H4F3NO2/c9-5-2-1-3-6(12-4-13)7(5)14-8(10)11/h1-3,8H. The Bertz CT molecular complexity index is 375. The maximum absolute atomic E-state index is 12.9. The number of aliphatic imine (C=N–C) groups is 1. The number of hydrogen-bond donors (Lipinski definition) is 0. The molecule has 1 rings (SSSR count). The molecule has 0 unspecified atom stereocenters. The van der Waals surface area contributed by atoms with Crippen LogP contribution in [0, 0.1) is 5.82 Å². The van der Waals surface area contributed by atoms with Crippen molar-refractivity contribution in [3.63, 3.8) is 0 Å². The van der Waals surface area contributed by atoms with E-state index in [1.807, 2.05) is 0 Å². The van der Waals surface area contributed by atoms with Crippen LogP contribution in [-0.2, 0) is 4.79 Å². The normalized spacial score (nSPS) is 9.71. The molecule has 0 spiro atoms. The minimum absolute atomic E-state index is 0.319. The number of halogens is 3. The number of carbonyl (C=O) groups excluding carboxylic acids is 1. The third-order valence-electron chi connectivity index (χ3n) is 1.32. The number of benzene rings is 1. The first kappa shape index (κ1) is 10.3. The van der Waals surface area contributed by atoms with Gasteiger partial charge in [-0.2, -0.15) is 13.8 Å². The second-order valence-corrected chi connectivity index (χ2v) is 2.17. The van der Waals surface area contributed by atoms with Crippen molar-refractivity contribution in [3.05, 3.63) is 24.0 Å². The van der Waals surface area contributed by atoms with Crippen LogP contribution in [0.3, 0.4) is 0 Å². The second-order valence-electron chi connectivity index (χ2n) is 2.17. The van der Waals surface area contributed by atoms with Crippen molar-refractivity contribution in [1.29, 1.82) is 0 Å². The van der Waals surface area contributed by atoms with Crippen LogP contribution in [0.2, 0.25) is 0 Å². The predicted octanol–water partition coefficient (Wildman–Crippen LogP) is 2.39. The van der Waals surface area contributed by atoms with E-state index in [4.69, 9.17) is 0 Å². The molecule has 1 aromatic carbocycles. The van der Waals surface area contributed by atoms with E-state index in [9.17, 15) is 18.0 Å². The van der Waals surface area contributed by atoms with E-state index in [0.29, 0.717) is 0 Å². The summed E-state index contributed by atoms with van der Waals surface area (Å²) in [6.07, 6.45) is 1.11. The summed E-state index contributed by atoms with van der Waals surface area (Å²) < 4.78 is 40.3.